The second-order valence-electron chi connectivity index (χ2n) is 6.59. The zero-order valence-electron chi connectivity index (χ0n) is 13.4. The maximum atomic E-state index is 11.2. The molecule has 0 unspecified atom stereocenters. The van der Waals surface area contributed by atoms with E-state index in [4.69, 9.17) is 14.2 Å². The highest BCUT2D eigenvalue weighted by atomic mass is 16.8. The highest BCUT2D eigenvalue weighted by Gasteiger charge is 2.55. The van der Waals surface area contributed by atoms with Gasteiger partial charge in [0.2, 0.25) is 6.29 Å². The fraction of sp³-hybridized carbons (Fsp3) is 0.688. The fourth-order valence-electron chi connectivity index (χ4n) is 3.61. The number of aldehydes is 1. The predicted molar refractivity (Wildman–Crippen MR) is 80.7 cm³/mol. The van der Waals surface area contributed by atoms with Gasteiger partial charge in [-0.3, -0.25) is 4.79 Å². The normalized spacial score (nSPS) is 47.0. The monoisotopic (exact) mass is 358 g/mol. The van der Waals surface area contributed by atoms with E-state index < -0.39 is 55.1 Å². The molecule has 2 aliphatic heterocycles. The third-order valence-corrected chi connectivity index (χ3v) is 5.13. The van der Waals surface area contributed by atoms with Crippen LogP contribution in [0.25, 0.3) is 0 Å². The van der Waals surface area contributed by atoms with Gasteiger partial charge in [-0.25, -0.2) is 0 Å². The van der Waals surface area contributed by atoms with E-state index in [0.29, 0.717) is 18.3 Å². The molecule has 25 heavy (non-hydrogen) atoms. The highest BCUT2D eigenvalue weighted by molar-refractivity contribution is 5.77. The topological polar surface area (TPSA) is 146 Å². The largest absolute Gasteiger partial charge is 0.471 e. The number of aliphatic hydroxyl groups is 5. The van der Waals surface area contributed by atoms with E-state index in [1.807, 2.05) is 0 Å². The molecule has 5 N–H and O–H groups in total. The Labute approximate surface area is 143 Å². The molecule has 0 spiro atoms. The third kappa shape index (κ3) is 2.91. The van der Waals surface area contributed by atoms with E-state index in [9.17, 15) is 30.3 Å². The number of carbonyl (C=O) groups is 1. The molecule has 0 radical (unpaired) electrons. The first kappa shape index (κ1) is 18.5. The number of fused-ring (bicyclic) bond motifs is 1. The third-order valence-electron chi connectivity index (χ3n) is 5.13. The molecule has 1 saturated heterocycles. The molecule has 3 aliphatic rings. The number of aliphatic hydroxyl groups excluding tert-OH is 4. The van der Waals surface area contributed by atoms with Crippen LogP contribution in [0.2, 0.25) is 0 Å². The van der Waals surface area contributed by atoms with Crippen LogP contribution >= 0.6 is 0 Å². The molecule has 2 fully saturated rings. The van der Waals surface area contributed by atoms with Gasteiger partial charge in [-0.05, 0) is 12.8 Å². The molecule has 9 nitrogen and oxygen atoms in total. The molecule has 3 rings (SSSR count). The van der Waals surface area contributed by atoms with Crippen molar-refractivity contribution in [2.75, 3.05) is 6.61 Å². The number of carbonyl (C=O) groups excluding carboxylic acids is 1. The average Bonchev–Trinajstić information content (AvgIpc) is 2.91. The Bertz CT molecular complexity index is 574. The van der Waals surface area contributed by atoms with Crippen LogP contribution in [-0.2, 0) is 19.0 Å². The van der Waals surface area contributed by atoms with Gasteiger partial charge in [-0.1, -0.05) is 12.2 Å². The van der Waals surface area contributed by atoms with Gasteiger partial charge in [0.25, 0.3) is 0 Å². The molecule has 9 heteroatoms. The van der Waals surface area contributed by atoms with Crippen molar-refractivity contribution in [3.63, 3.8) is 0 Å². The molecule has 0 bridgehead atoms. The number of ether oxygens (including phenoxy) is 3. The van der Waals surface area contributed by atoms with Crippen molar-refractivity contribution in [1.82, 2.24) is 0 Å². The Morgan fingerprint density at radius 3 is 2.64 bits per heavy atom. The lowest BCUT2D eigenvalue weighted by molar-refractivity contribution is -0.342. The van der Waals surface area contributed by atoms with Gasteiger partial charge in [0.1, 0.15) is 30.0 Å². The fourth-order valence-corrected chi connectivity index (χ4v) is 3.61. The van der Waals surface area contributed by atoms with Gasteiger partial charge in [-0.2, -0.15) is 0 Å². The van der Waals surface area contributed by atoms with Crippen LogP contribution in [0, 0.1) is 5.92 Å². The first-order valence-corrected chi connectivity index (χ1v) is 8.00. The Balaban J connectivity index is 1.81. The summed E-state index contributed by atoms with van der Waals surface area (Å²) in [5.74, 6) is -0.759. The molecule has 140 valence electrons. The molecular formula is C16H22O9. The maximum absolute atomic E-state index is 11.2. The van der Waals surface area contributed by atoms with E-state index in [0.717, 1.165) is 6.26 Å². The van der Waals surface area contributed by atoms with Gasteiger partial charge >= 0.3 is 0 Å². The smallest absolute Gasteiger partial charge is 0.211 e. The SMILES string of the molecule is C=C1CC[C@]2(O)C(C=O)=CO[C@@H](O[C@@H]3O[C@H](CO)[C@@H](O)[C@H](O)[C@H]3O)[C@H]12. The highest BCUT2D eigenvalue weighted by Crippen LogP contribution is 2.48. The van der Waals surface area contributed by atoms with Crippen molar-refractivity contribution in [3.8, 4) is 0 Å². The number of hydrogen-bond acceptors (Lipinski definition) is 9. The lowest BCUT2D eigenvalue weighted by Crippen LogP contribution is -2.60. The molecular weight excluding hydrogens is 336 g/mol. The van der Waals surface area contributed by atoms with E-state index in [1.165, 1.54) is 0 Å². The van der Waals surface area contributed by atoms with Crippen molar-refractivity contribution in [3.05, 3.63) is 24.0 Å². The molecule has 0 aromatic heterocycles. The minimum atomic E-state index is -1.60. The summed E-state index contributed by atoms with van der Waals surface area (Å²) in [6.45, 7) is 3.29. The molecule has 8 atom stereocenters. The zero-order valence-corrected chi connectivity index (χ0v) is 13.4. The Kier molecular flexibility index (Phi) is 5.00. The van der Waals surface area contributed by atoms with Crippen molar-refractivity contribution in [1.29, 1.82) is 0 Å². The summed E-state index contributed by atoms with van der Waals surface area (Å²) in [6.07, 6.45) is -6.01. The standard InChI is InChI=1S/C16H22O9/c1-7-2-3-16(22)8(4-17)6-23-14(10(7)16)25-15-13(21)12(20)11(19)9(5-18)24-15/h4,6,9-15,18-22H,1-3,5H2/t9-,10+,11-,12+,13-,14+,15+,16+/m1/s1. The van der Waals surface area contributed by atoms with Crippen molar-refractivity contribution in [2.24, 2.45) is 5.92 Å². The lowest BCUT2D eigenvalue weighted by Gasteiger charge is -2.44. The van der Waals surface area contributed by atoms with Gasteiger partial charge in [0.05, 0.1) is 24.4 Å². The van der Waals surface area contributed by atoms with E-state index >= 15 is 0 Å². The van der Waals surface area contributed by atoms with Crippen molar-refractivity contribution in [2.45, 2.75) is 55.4 Å². The van der Waals surface area contributed by atoms with Crippen LogP contribution in [0.3, 0.4) is 0 Å². The van der Waals surface area contributed by atoms with Gasteiger partial charge in [0, 0.05) is 0 Å². The van der Waals surface area contributed by atoms with Gasteiger partial charge < -0.3 is 39.7 Å². The summed E-state index contributed by atoms with van der Waals surface area (Å²) < 4.78 is 16.2. The Morgan fingerprint density at radius 2 is 2.00 bits per heavy atom. The predicted octanol–water partition coefficient (Wildman–Crippen LogP) is -2.06. The molecule has 0 amide bonds. The van der Waals surface area contributed by atoms with Crippen LogP contribution in [0.5, 0.6) is 0 Å². The summed E-state index contributed by atoms with van der Waals surface area (Å²) in [4.78, 5) is 11.2. The zero-order chi connectivity index (χ0) is 18.4. The van der Waals surface area contributed by atoms with Gasteiger partial charge in [0.15, 0.2) is 12.6 Å². The van der Waals surface area contributed by atoms with E-state index in [1.54, 1.807) is 0 Å². The second kappa shape index (κ2) is 6.76. The first-order valence-electron chi connectivity index (χ1n) is 8.00. The van der Waals surface area contributed by atoms with Crippen LogP contribution in [0.15, 0.2) is 24.0 Å². The van der Waals surface area contributed by atoms with Gasteiger partial charge in [-0.15, -0.1) is 0 Å². The van der Waals surface area contributed by atoms with E-state index in [2.05, 4.69) is 6.58 Å². The van der Waals surface area contributed by atoms with Crippen LogP contribution < -0.4 is 0 Å². The molecule has 2 heterocycles. The minimum absolute atomic E-state index is 0.0739. The second-order valence-corrected chi connectivity index (χ2v) is 6.59. The first-order chi connectivity index (χ1) is 11.8. The quantitative estimate of drug-likeness (QED) is 0.283. The molecule has 1 saturated carbocycles. The van der Waals surface area contributed by atoms with E-state index in [-0.39, 0.29) is 12.0 Å². The molecule has 0 aromatic carbocycles. The van der Waals surface area contributed by atoms with Crippen LogP contribution in [-0.4, -0.2) is 81.0 Å². The average molecular weight is 358 g/mol. The minimum Gasteiger partial charge on any atom is -0.471 e. The summed E-state index contributed by atoms with van der Waals surface area (Å²) in [5, 5.41) is 49.8. The van der Waals surface area contributed by atoms with Crippen LogP contribution in [0.1, 0.15) is 12.8 Å². The Morgan fingerprint density at radius 1 is 1.28 bits per heavy atom. The molecule has 0 aromatic rings. The summed E-state index contributed by atoms with van der Waals surface area (Å²) in [5.41, 5.74) is -0.801. The van der Waals surface area contributed by atoms with Crippen molar-refractivity contribution >= 4 is 6.29 Å². The lowest BCUT2D eigenvalue weighted by atomic mass is 9.81. The summed E-state index contributed by atoms with van der Waals surface area (Å²) >= 11 is 0. The van der Waals surface area contributed by atoms with Crippen LogP contribution in [0.4, 0.5) is 0 Å². The number of hydrogen-bond donors (Lipinski definition) is 5. The van der Waals surface area contributed by atoms with Crippen molar-refractivity contribution < 1.29 is 44.5 Å². The summed E-state index contributed by atoms with van der Waals surface area (Å²) in [6, 6.07) is 0. The maximum Gasteiger partial charge on any atom is 0.211 e. The number of rotatable bonds is 4. The summed E-state index contributed by atoms with van der Waals surface area (Å²) in [7, 11) is 0. The molecule has 1 aliphatic carbocycles. The Hall–Kier alpha value is -1.33.